The maximum absolute atomic E-state index is 12.8. The number of nitrogens with zero attached hydrogens (tertiary/aromatic N) is 1. The van der Waals surface area contributed by atoms with Crippen molar-refractivity contribution in [3.63, 3.8) is 0 Å². The summed E-state index contributed by atoms with van der Waals surface area (Å²) in [5.41, 5.74) is 0.721. The van der Waals surface area contributed by atoms with Gasteiger partial charge in [0.2, 0.25) is 10.0 Å². The predicted molar refractivity (Wildman–Crippen MR) is 82.4 cm³/mol. The highest BCUT2D eigenvalue weighted by atomic mass is 32.2. The van der Waals surface area contributed by atoms with Crippen LogP contribution in [0.25, 0.3) is 0 Å². The van der Waals surface area contributed by atoms with Crippen LogP contribution >= 0.6 is 0 Å². The van der Waals surface area contributed by atoms with Gasteiger partial charge in [-0.2, -0.15) is 4.31 Å². The van der Waals surface area contributed by atoms with E-state index in [-0.39, 0.29) is 0 Å². The van der Waals surface area contributed by atoms with Crippen LogP contribution < -0.4 is 5.32 Å². The van der Waals surface area contributed by atoms with Gasteiger partial charge in [0.25, 0.3) is 0 Å². The lowest BCUT2D eigenvalue weighted by Gasteiger charge is -2.22. The molecule has 1 aromatic rings. The first-order valence-electron chi connectivity index (χ1n) is 7.49. The Bertz CT molecular complexity index is 520. The zero-order valence-corrected chi connectivity index (χ0v) is 13.0. The highest BCUT2D eigenvalue weighted by Crippen LogP contribution is 2.26. The maximum atomic E-state index is 12.8. The summed E-state index contributed by atoms with van der Waals surface area (Å²) in [6, 6.07) is 7.22. The molecule has 1 N–H and O–H groups in total. The van der Waals surface area contributed by atoms with Gasteiger partial charge < -0.3 is 5.32 Å². The third-order valence-corrected chi connectivity index (χ3v) is 5.59. The van der Waals surface area contributed by atoms with Crippen molar-refractivity contribution in [3.8, 4) is 0 Å². The van der Waals surface area contributed by atoms with Crippen molar-refractivity contribution in [1.29, 1.82) is 0 Å². The summed E-state index contributed by atoms with van der Waals surface area (Å²) in [5.74, 6) is 0. The van der Waals surface area contributed by atoms with Crippen LogP contribution in [0.1, 0.15) is 39.0 Å². The average Bonchev–Trinajstić information content (AvgIpc) is 2.75. The molecule has 0 bridgehead atoms. The smallest absolute Gasteiger partial charge is 0.245 e. The normalized spacial score (nSPS) is 17.6. The molecular weight excluding hydrogens is 272 g/mol. The molecule has 0 saturated carbocycles. The molecule has 1 saturated heterocycles. The van der Waals surface area contributed by atoms with Crippen molar-refractivity contribution in [3.05, 3.63) is 24.3 Å². The van der Waals surface area contributed by atoms with Crippen molar-refractivity contribution < 1.29 is 8.42 Å². The van der Waals surface area contributed by atoms with Crippen LogP contribution in [-0.2, 0) is 10.0 Å². The average molecular weight is 296 g/mol. The number of hydrogen-bond donors (Lipinski definition) is 1. The standard InChI is InChI=1S/C15H24N2O2S/c1-2-11-16-14-9-5-6-10-15(14)20(18,19)17-12-7-3-4-8-13-17/h5-6,9-10,16H,2-4,7-8,11-13H2,1H3. The molecule has 5 heteroatoms. The Morgan fingerprint density at radius 2 is 1.75 bits per heavy atom. The van der Waals surface area contributed by atoms with Crippen molar-refractivity contribution in [2.24, 2.45) is 0 Å². The van der Waals surface area contributed by atoms with Crippen molar-refractivity contribution in [1.82, 2.24) is 4.31 Å². The van der Waals surface area contributed by atoms with E-state index >= 15 is 0 Å². The number of rotatable bonds is 5. The number of hydrogen-bond acceptors (Lipinski definition) is 3. The van der Waals surface area contributed by atoms with E-state index in [9.17, 15) is 8.42 Å². The Labute approximate surface area is 122 Å². The zero-order valence-electron chi connectivity index (χ0n) is 12.1. The summed E-state index contributed by atoms with van der Waals surface area (Å²) in [5, 5.41) is 3.22. The summed E-state index contributed by atoms with van der Waals surface area (Å²) < 4.78 is 27.3. The van der Waals surface area contributed by atoms with Gasteiger partial charge in [0.1, 0.15) is 4.90 Å². The molecule has 1 aliphatic rings. The summed E-state index contributed by atoms with van der Waals surface area (Å²) in [6.45, 7) is 4.14. The van der Waals surface area contributed by atoms with Crippen LogP contribution in [0.15, 0.2) is 29.2 Å². The van der Waals surface area contributed by atoms with Gasteiger partial charge >= 0.3 is 0 Å². The summed E-state index contributed by atoms with van der Waals surface area (Å²) in [6.07, 6.45) is 5.15. The Morgan fingerprint density at radius 3 is 2.40 bits per heavy atom. The minimum Gasteiger partial charge on any atom is -0.384 e. The van der Waals surface area contributed by atoms with E-state index in [0.29, 0.717) is 18.0 Å². The molecule has 1 aliphatic heterocycles. The molecule has 20 heavy (non-hydrogen) atoms. The topological polar surface area (TPSA) is 49.4 Å². The van der Waals surface area contributed by atoms with Crippen LogP contribution in [0.2, 0.25) is 0 Å². The first kappa shape index (κ1) is 15.3. The second kappa shape index (κ2) is 7.09. The SMILES string of the molecule is CCCNc1ccccc1S(=O)(=O)N1CCCCCC1. The van der Waals surface area contributed by atoms with Crippen LogP contribution in [-0.4, -0.2) is 32.4 Å². The number of sulfonamides is 1. The Balaban J connectivity index is 2.28. The van der Waals surface area contributed by atoms with E-state index in [4.69, 9.17) is 0 Å². The van der Waals surface area contributed by atoms with Gasteiger partial charge in [-0.25, -0.2) is 8.42 Å². The lowest BCUT2D eigenvalue weighted by atomic mass is 10.2. The third-order valence-electron chi connectivity index (χ3n) is 3.64. The highest BCUT2D eigenvalue weighted by Gasteiger charge is 2.27. The minimum atomic E-state index is -3.38. The van der Waals surface area contributed by atoms with E-state index in [2.05, 4.69) is 12.2 Å². The molecule has 0 atom stereocenters. The molecule has 0 amide bonds. The van der Waals surface area contributed by atoms with Crippen LogP contribution in [0.5, 0.6) is 0 Å². The van der Waals surface area contributed by atoms with Gasteiger partial charge in [-0.05, 0) is 31.4 Å². The summed E-state index contributed by atoms with van der Waals surface area (Å²) in [4.78, 5) is 0.412. The summed E-state index contributed by atoms with van der Waals surface area (Å²) >= 11 is 0. The molecule has 2 rings (SSSR count). The maximum Gasteiger partial charge on any atom is 0.245 e. The molecule has 0 aliphatic carbocycles. The van der Waals surface area contributed by atoms with E-state index < -0.39 is 10.0 Å². The van der Waals surface area contributed by atoms with Crippen LogP contribution in [0.3, 0.4) is 0 Å². The number of nitrogens with one attached hydrogen (secondary N) is 1. The lowest BCUT2D eigenvalue weighted by molar-refractivity contribution is 0.424. The molecule has 1 aromatic carbocycles. The van der Waals surface area contributed by atoms with Gasteiger partial charge in [-0.3, -0.25) is 0 Å². The highest BCUT2D eigenvalue weighted by molar-refractivity contribution is 7.89. The second-order valence-electron chi connectivity index (χ2n) is 5.24. The third kappa shape index (κ3) is 3.52. The predicted octanol–water partition coefficient (Wildman–Crippen LogP) is 3.07. The molecule has 0 radical (unpaired) electrons. The van der Waals surface area contributed by atoms with E-state index in [1.807, 2.05) is 12.1 Å². The van der Waals surface area contributed by atoms with E-state index in [1.165, 1.54) is 0 Å². The number of benzene rings is 1. The second-order valence-corrected chi connectivity index (χ2v) is 7.15. The molecule has 1 fully saturated rings. The number of anilines is 1. The largest absolute Gasteiger partial charge is 0.384 e. The monoisotopic (exact) mass is 296 g/mol. The van der Waals surface area contributed by atoms with Crippen LogP contribution in [0, 0.1) is 0 Å². The molecular formula is C15H24N2O2S. The van der Waals surface area contributed by atoms with Gasteiger partial charge in [0.15, 0.2) is 0 Å². The first-order chi connectivity index (χ1) is 9.66. The minimum absolute atomic E-state index is 0.412. The summed E-state index contributed by atoms with van der Waals surface area (Å²) in [7, 11) is -3.38. The van der Waals surface area contributed by atoms with Gasteiger partial charge in [-0.1, -0.05) is 31.9 Å². The molecule has 112 valence electrons. The fourth-order valence-electron chi connectivity index (χ4n) is 2.52. The fourth-order valence-corrected chi connectivity index (χ4v) is 4.20. The molecule has 0 unspecified atom stereocenters. The molecule has 0 spiro atoms. The molecule has 4 nitrogen and oxygen atoms in total. The van der Waals surface area contributed by atoms with Gasteiger partial charge in [-0.15, -0.1) is 0 Å². The lowest BCUT2D eigenvalue weighted by Crippen LogP contribution is -2.32. The molecule has 0 aromatic heterocycles. The first-order valence-corrected chi connectivity index (χ1v) is 8.93. The van der Waals surface area contributed by atoms with E-state index in [1.54, 1.807) is 16.4 Å². The van der Waals surface area contributed by atoms with Gasteiger partial charge in [0.05, 0.1) is 5.69 Å². The van der Waals surface area contributed by atoms with Crippen molar-refractivity contribution in [2.45, 2.75) is 43.9 Å². The van der Waals surface area contributed by atoms with Gasteiger partial charge in [0, 0.05) is 19.6 Å². The van der Waals surface area contributed by atoms with E-state index in [0.717, 1.165) is 44.3 Å². The van der Waals surface area contributed by atoms with Crippen LogP contribution in [0.4, 0.5) is 5.69 Å². The fraction of sp³-hybridized carbons (Fsp3) is 0.600. The van der Waals surface area contributed by atoms with Crippen molar-refractivity contribution in [2.75, 3.05) is 25.0 Å². The molecule has 1 heterocycles. The number of para-hydroxylation sites is 1. The Kier molecular flexibility index (Phi) is 5.43. The zero-order chi connectivity index (χ0) is 14.4. The Morgan fingerprint density at radius 1 is 1.10 bits per heavy atom. The quantitative estimate of drug-likeness (QED) is 0.908. The van der Waals surface area contributed by atoms with Crippen molar-refractivity contribution >= 4 is 15.7 Å². The Hall–Kier alpha value is -1.07.